The van der Waals surface area contributed by atoms with Gasteiger partial charge in [-0.05, 0) is 33.1 Å². The van der Waals surface area contributed by atoms with Crippen molar-refractivity contribution < 1.29 is 12.8 Å². The van der Waals surface area contributed by atoms with Gasteiger partial charge in [0.1, 0.15) is 15.6 Å². The zero-order valence-corrected chi connectivity index (χ0v) is 12.6. The van der Waals surface area contributed by atoms with Gasteiger partial charge in [-0.25, -0.2) is 13.4 Å². The van der Waals surface area contributed by atoms with E-state index < -0.39 is 9.84 Å². The van der Waals surface area contributed by atoms with Crippen molar-refractivity contribution in [1.82, 2.24) is 10.3 Å². The molecular formula is C13H22N2O3S. The molecule has 1 aliphatic carbocycles. The fraction of sp³-hybridized carbons (Fsp3) is 0.769. The summed E-state index contributed by atoms with van der Waals surface area (Å²) in [5.74, 6) is 1.52. The Morgan fingerprint density at radius 3 is 2.68 bits per heavy atom. The molecule has 0 saturated heterocycles. The standard InChI is InChI=1S/C13H22N2O3S/c1-9-10(2)18-13(15-9)8-14-11-5-4-6-12(7-11)19(3,16)17/h11-12,14H,4-8H2,1-3H3. The van der Waals surface area contributed by atoms with E-state index in [1.54, 1.807) is 0 Å². The van der Waals surface area contributed by atoms with Crippen LogP contribution in [0.3, 0.4) is 0 Å². The second kappa shape index (κ2) is 5.63. The third kappa shape index (κ3) is 3.79. The number of aromatic nitrogens is 1. The van der Waals surface area contributed by atoms with E-state index in [9.17, 15) is 8.42 Å². The van der Waals surface area contributed by atoms with Gasteiger partial charge in [-0.2, -0.15) is 0 Å². The second-order valence-corrected chi connectivity index (χ2v) is 7.77. The summed E-state index contributed by atoms with van der Waals surface area (Å²) >= 11 is 0. The van der Waals surface area contributed by atoms with E-state index in [1.165, 1.54) is 6.26 Å². The highest BCUT2D eigenvalue weighted by molar-refractivity contribution is 7.91. The van der Waals surface area contributed by atoms with Crippen LogP contribution in [0, 0.1) is 13.8 Å². The minimum atomic E-state index is -2.92. The van der Waals surface area contributed by atoms with Gasteiger partial charge in [0, 0.05) is 12.3 Å². The van der Waals surface area contributed by atoms with Gasteiger partial charge in [-0.1, -0.05) is 6.42 Å². The molecule has 5 nitrogen and oxygen atoms in total. The molecule has 1 N–H and O–H groups in total. The highest BCUT2D eigenvalue weighted by atomic mass is 32.2. The predicted octanol–water partition coefficient (Wildman–Crippen LogP) is 1.74. The lowest BCUT2D eigenvalue weighted by Gasteiger charge is -2.28. The lowest BCUT2D eigenvalue weighted by atomic mass is 9.95. The maximum atomic E-state index is 11.6. The Morgan fingerprint density at radius 2 is 2.11 bits per heavy atom. The van der Waals surface area contributed by atoms with Crippen molar-refractivity contribution in [1.29, 1.82) is 0 Å². The van der Waals surface area contributed by atoms with Gasteiger partial charge in [-0.15, -0.1) is 0 Å². The van der Waals surface area contributed by atoms with E-state index in [-0.39, 0.29) is 11.3 Å². The van der Waals surface area contributed by atoms with Crippen molar-refractivity contribution >= 4 is 9.84 Å². The van der Waals surface area contributed by atoms with Crippen LogP contribution in [0.4, 0.5) is 0 Å². The van der Waals surface area contributed by atoms with E-state index in [2.05, 4.69) is 10.3 Å². The number of hydrogen-bond donors (Lipinski definition) is 1. The molecule has 6 heteroatoms. The van der Waals surface area contributed by atoms with Crippen molar-refractivity contribution in [2.75, 3.05) is 6.26 Å². The van der Waals surface area contributed by atoms with Gasteiger partial charge >= 0.3 is 0 Å². The first-order chi connectivity index (χ1) is 8.86. The van der Waals surface area contributed by atoms with E-state index in [0.29, 0.717) is 18.9 Å². The monoisotopic (exact) mass is 286 g/mol. The van der Waals surface area contributed by atoms with Gasteiger partial charge < -0.3 is 9.73 Å². The van der Waals surface area contributed by atoms with Gasteiger partial charge in [0.25, 0.3) is 0 Å². The SMILES string of the molecule is Cc1nc(CNC2CCCC(S(C)(=O)=O)C2)oc1C. The smallest absolute Gasteiger partial charge is 0.208 e. The number of sulfone groups is 1. The summed E-state index contributed by atoms with van der Waals surface area (Å²) in [4.78, 5) is 4.31. The molecule has 0 aromatic carbocycles. The van der Waals surface area contributed by atoms with E-state index in [4.69, 9.17) is 4.42 Å². The molecule has 1 heterocycles. The molecule has 1 aromatic rings. The van der Waals surface area contributed by atoms with Crippen molar-refractivity contribution in [3.63, 3.8) is 0 Å². The minimum absolute atomic E-state index is 0.202. The number of hydrogen-bond acceptors (Lipinski definition) is 5. The Bertz CT molecular complexity index is 517. The van der Waals surface area contributed by atoms with Crippen LogP contribution in [0.2, 0.25) is 0 Å². The first-order valence-electron chi connectivity index (χ1n) is 6.71. The first-order valence-corrected chi connectivity index (χ1v) is 8.67. The van der Waals surface area contributed by atoms with Crippen LogP contribution in [0.25, 0.3) is 0 Å². The molecule has 0 spiro atoms. The van der Waals surface area contributed by atoms with Gasteiger partial charge in [0.05, 0.1) is 17.5 Å². The molecule has 0 radical (unpaired) electrons. The van der Waals surface area contributed by atoms with Crippen molar-refractivity contribution in [3.05, 3.63) is 17.3 Å². The fourth-order valence-corrected chi connectivity index (χ4v) is 3.74. The predicted molar refractivity (Wildman–Crippen MR) is 73.7 cm³/mol. The fourth-order valence-electron chi connectivity index (χ4n) is 2.57. The Morgan fingerprint density at radius 1 is 1.37 bits per heavy atom. The van der Waals surface area contributed by atoms with Crippen LogP contribution in [-0.2, 0) is 16.4 Å². The molecule has 1 fully saturated rings. The number of nitrogens with one attached hydrogen (secondary N) is 1. The topological polar surface area (TPSA) is 72.2 Å². The second-order valence-electron chi connectivity index (χ2n) is 5.45. The Balaban J connectivity index is 1.89. The van der Waals surface area contributed by atoms with Crippen LogP contribution in [-0.4, -0.2) is 30.9 Å². The number of aryl methyl sites for hydroxylation is 2. The summed E-state index contributed by atoms with van der Waals surface area (Å²) in [6.07, 6.45) is 4.79. The molecule has 1 saturated carbocycles. The van der Waals surface area contributed by atoms with Crippen LogP contribution >= 0.6 is 0 Å². The summed E-state index contributed by atoms with van der Waals surface area (Å²) in [5.41, 5.74) is 0.912. The van der Waals surface area contributed by atoms with E-state index in [1.807, 2.05) is 13.8 Å². The maximum absolute atomic E-state index is 11.6. The third-order valence-corrected chi connectivity index (χ3v) is 5.49. The zero-order valence-electron chi connectivity index (χ0n) is 11.8. The van der Waals surface area contributed by atoms with Crippen LogP contribution in [0.15, 0.2) is 4.42 Å². The molecule has 2 rings (SSSR count). The van der Waals surface area contributed by atoms with Gasteiger partial charge in [0.2, 0.25) is 5.89 Å². The van der Waals surface area contributed by atoms with Gasteiger partial charge in [0.15, 0.2) is 0 Å². The summed E-state index contributed by atoms with van der Waals surface area (Å²) in [6, 6.07) is 0.237. The Hall–Kier alpha value is -0.880. The molecule has 108 valence electrons. The molecule has 1 aromatic heterocycles. The number of oxazole rings is 1. The van der Waals surface area contributed by atoms with Crippen molar-refractivity contribution in [2.24, 2.45) is 0 Å². The molecule has 2 atom stereocenters. The Labute approximate surface area is 114 Å². The Kier molecular flexibility index (Phi) is 4.30. The average Bonchev–Trinajstić information content (AvgIpc) is 2.66. The van der Waals surface area contributed by atoms with E-state index >= 15 is 0 Å². The first kappa shape index (κ1) is 14.5. The van der Waals surface area contributed by atoms with Crippen molar-refractivity contribution in [3.8, 4) is 0 Å². The molecule has 1 aliphatic rings. The number of nitrogens with zero attached hydrogens (tertiary/aromatic N) is 1. The largest absolute Gasteiger partial charge is 0.444 e. The maximum Gasteiger partial charge on any atom is 0.208 e. The van der Waals surface area contributed by atoms with Crippen molar-refractivity contribution in [2.45, 2.75) is 57.4 Å². The highest BCUT2D eigenvalue weighted by Crippen LogP contribution is 2.24. The molecule has 2 unspecified atom stereocenters. The highest BCUT2D eigenvalue weighted by Gasteiger charge is 2.28. The molecule has 0 aliphatic heterocycles. The minimum Gasteiger partial charge on any atom is -0.444 e. The summed E-state index contributed by atoms with van der Waals surface area (Å²) in [6.45, 7) is 4.38. The number of rotatable bonds is 4. The summed E-state index contributed by atoms with van der Waals surface area (Å²) in [7, 11) is -2.92. The quantitative estimate of drug-likeness (QED) is 0.912. The molecule has 19 heavy (non-hydrogen) atoms. The zero-order chi connectivity index (χ0) is 14.0. The summed E-state index contributed by atoms with van der Waals surface area (Å²) in [5, 5.41) is 3.16. The lowest BCUT2D eigenvalue weighted by molar-refractivity contribution is 0.350. The summed E-state index contributed by atoms with van der Waals surface area (Å²) < 4.78 is 28.7. The third-order valence-electron chi connectivity index (χ3n) is 3.85. The molecular weight excluding hydrogens is 264 g/mol. The average molecular weight is 286 g/mol. The lowest BCUT2D eigenvalue weighted by Crippen LogP contribution is -2.38. The van der Waals surface area contributed by atoms with E-state index in [0.717, 1.165) is 30.7 Å². The van der Waals surface area contributed by atoms with Crippen LogP contribution in [0.1, 0.15) is 43.0 Å². The van der Waals surface area contributed by atoms with Crippen LogP contribution in [0.5, 0.6) is 0 Å². The molecule has 0 amide bonds. The van der Waals surface area contributed by atoms with Gasteiger partial charge in [-0.3, -0.25) is 0 Å². The van der Waals surface area contributed by atoms with Crippen LogP contribution < -0.4 is 5.32 Å². The molecule has 0 bridgehead atoms. The normalized spacial score (nSPS) is 24.6.